The summed E-state index contributed by atoms with van der Waals surface area (Å²) in [5.74, 6) is -0.498. The van der Waals surface area contributed by atoms with Gasteiger partial charge in [0.1, 0.15) is 5.82 Å². The first-order chi connectivity index (χ1) is 9.65. The first-order valence-electron chi connectivity index (χ1n) is 6.07. The van der Waals surface area contributed by atoms with E-state index in [-0.39, 0.29) is 11.7 Å². The van der Waals surface area contributed by atoms with E-state index in [2.05, 4.69) is 10.5 Å². The van der Waals surface area contributed by atoms with E-state index in [1.807, 2.05) is 19.1 Å². The quantitative estimate of drug-likeness (QED) is 0.775. The molecule has 0 aliphatic heterocycles. The Balaban J connectivity index is 1.96. The van der Waals surface area contributed by atoms with Gasteiger partial charge in [-0.25, -0.2) is 4.39 Å². The predicted molar refractivity (Wildman–Crippen MR) is 73.1 cm³/mol. The molecule has 4 nitrogen and oxygen atoms in total. The monoisotopic (exact) mass is 270 g/mol. The number of carbonyl (C=O) groups excluding carboxylic acids is 1. The van der Waals surface area contributed by atoms with Gasteiger partial charge in [0.25, 0.3) is 5.91 Å². The van der Waals surface area contributed by atoms with Gasteiger partial charge in [-0.05, 0) is 36.8 Å². The number of halogens is 1. The van der Waals surface area contributed by atoms with Crippen molar-refractivity contribution in [3.05, 3.63) is 59.4 Å². The molecule has 5 heteroatoms. The summed E-state index contributed by atoms with van der Waals surface area (Å²) in [6, 6.07) is 11.2. The molecule has 2 aromatic carbocycles. The number of fused-ring (bicyclic) bond motifs is 1. The average Bonchev–Trinajstić information content (AvgIpc) is 2.82. The van der Waals surface area contributed by atoms with Gasteiger partial charge < -0.3 is 9.84 Å². The lowest BCUT2D eigenvalue weighted by Crippen LogP contribution is -2.13. The maximum Gasteiger partial charge on any atom is 0.257 e. The van der Waals surface area contributed by atoms with Crippen LogP contribution >= 0.6 is 0 Å². The summed E-state index contributed by atoms with van der Waals surface area (Å²) in [6.45, 7) is 1.84. The molecule has 0 radical (unpaired) electrons. The van der Waals surface area contributed by atoms with Crippen LogP contribution in [0.2, 0.25) is 0 Å². The van der Waals surface area contributed by atoms with Crippen molar-refractivity contribution in [3.63, 3.8) is 0 Å². The van der Waals surface area contributed by atoms with E-state index in [1.54, 1.807) is 12.1 Å². The van der Waals surface area contributed by atoms with Gasteiger partial charge in [0.15, 0.2) is 11.4 Å². The molecule has 0 spiro atoms. The van der Waals surface area contributed by atoms with Gasteiger partial charge in [-0.1, -0.05) is 23.4 Å². The lowest BCUT2D eigenvalue weighted by molar-refractivity contribution is 0.102. The Morgan fingerprint density at radius 3 is 2.85 bits per heavy atom. The third-order valence-electron chi connectivity index (χ3n) is 3.05. The summed E-state index contributed by atoms with van der Waals surface area (Å²) in [5.41, 5.74) is 1.82. The number of aromatic nitrogens is 1. The fraction of sp³-hybridized carbons (Fsp3) is 0.0667. The van der Waals surface area contributed by atoms with Crippen molar-refractivity contribution in [1.29, 1.82) is 0 Å². The number of nitrogens with one attached hydrogen (secondary N) is 1. The van der Waals surface area contributed by atoms with Gasteiger partial charge >= 0.3 is 0 Å². The Morgan fingerprint density at radius 2 is 2.05 bits per heavy atom. The Labute approximate surface area is 114 Å². The summed E-state index contributed by atoms with van der Waals surface area (Å²) in [7, 11) is 0. The molecule has 1 amide bonds. The maximum atomic E-state index is 13.2. The van der Waals surface area contributed by atoms with Gasteiger partial charge in [0, 0.05) is 5.56 Å². The maximum absolute atomic E-state index is 13.2. The van der Waals surface area contributed by atoms with E-state index < -0.39 is 5.82 Å². The molecular weight excluding hydrogens is 259 g/mol. The number of anilines is 1. The topological polar surface area (TPSA) is 55.1 Å². The molecule has 0 unspecified atom stereocenters. The summed E-state index contributed by atoms with van der Waals surface area (Å²) in [5, 5.41) is 6.83. The number of carbonyl (C=O) groups is 1. The van der Waals surface area contributed by atoms with E-state index >= 15 is 0 Å². The number of rotatable bonds is 2. The normalized spacial score (nSPS) is 10.7. The van der Waals surface area contributed by atoms with Gasteiger partial charge in [0.2, 0.25) is 0 Å². The second kappa shape index (κ2) is 4.77. The molecule has 20 heavy (non-hydrogen) atoms. The molecule has 0 atom stereocenters. The number of aryl methyl sites for hydroxylation is 1. The van der Waals surface area contributed by atoms with Crippen LogP contribution in [0.1, 0.15) is 15.9 Å². The zero-order valence-corrected chi connectivity index (χ0v) is 10.7. The minimum Gasteiger partial charge on any atom is -0.354 e. The smallest absolute Gasteiger partial charge is 0.257 e. The molecular formula is C15H11FN2O2. The van der Waals surface area contributed by atoms with Crippen LogP contribution < -0.4 is 5.32 Å². The van der Waals surface area contributed by atoms with Crippen LogP contribution in [0.5, 0.6) is 0 Å². The van der Waals surface area contributed by atoms with Crippen LogP contribution in [0.4, 0.5) is 10.2 Å². The van der Waals surface area contributed by atoms with Gasteiger partial charge in [-0.2, -0.15) is 0 Å². The number of nitrogens with zero attached hydrogens (tertiary/aromatic N) is 1. The molecule has 1 aromatic heterocycles. The standard InChI is InChI=1S/C15H11FN2O2/c1-9-4-2-3-5-11(9)15(19)17-14-12-8-10(16)6-7-13(12)20-18-14/h2-8H,1H3,(H,17,18,19). The highest BCUT2D eigenvalue weighted by Crippen LogP contribution is 2.24. The number of hydrogen-bond donors (Lipinski definition) is 1. The summed E-state index contributed by atoms with van der Waals surface area (Å²) < 4.78 is 18.3. The van der Waals surface area contributed by atoms with Gasteiger partial charge in [-0.15, -0.1) is 0 Å². The third-order valence-corrected chi connectivity index (χ3v) is 3.05. The van der Waals surface area contributed by atoms with Crippen LogP contribution in [0.25, 0.3) is 11.0 Å². The fourth-order valence-electron chi connectivity index (χ4n) is 2.00. The van der Waals surface area contributed by atoms with Crippen LogP contribution in [0.15, 0.2) is 47.0 Å². The Bertz CT molecular complexity index is 795. The SMILES string of the molecule is Cc1ccccc1C(=O)Nc1noc2ccc(F)cc12. The van der Waals surface area contributed by atoms with Crippen LogP contribution in [0.3, 0.4) is 0 Å². The lowest BCUT2D eigenvalue weighted by atomic mass is 10.1. The Kier molecular flexibility index (Phi) is 2.95. The second-order valence-electron chi connectivity index (χ2n) is 4.44. The van der Waals surface area contributed by atoms with Gasteiger partial charge in [0.05, 0.1) is 5.39 Å². The molecule has 0 saturated heterocycles. The van der Waals surface area contributed by atoms with Crippen molar-refractivity contribution in [2.45, 2.75) is 6.92 Å². The van der Waals surface area contributed by atoms with Crippen molar-refractivity contribution < 1.29 is 13.7 Å². The molecule has 0 saturated carbocycles. The zero-order chi connectivity index (χ0) is 14.1. The van der Waals surface area contributed by atoms with Crippen molar-refractivity contribution in [3.8, 4) is 0 Å². The van der Waals surface area contributed by atoms with E-state index in [4.69, 9.17) is 4.52 Å². The lowest BCUT2D eigenvalue weighted by Gasteiger charge is -2.04. The second-order valence-corrected chi connectivity index (χ2v) is 4.44. The predicted octanol–water partition coefficient (Wildman–Crippen LogP) is 3.53. The Hall–Kier alpha value is -2.69. The average molecular weight is 270 g/mol. The van der Waals surface area contributed by atoms with Crippen molar-refractivity contribution in [1.82, 2.24) is 5.16 Å². The zero-order valence-electron chi connectivity index (χ0n) is 10.7. The highest BCUT2D eigenvalue weighted by atomic mass is 19.1. The Morgan fingerprint density at radius 1 is 1.25 bits per heavy atom. The number of amides is 1. The molecule has 0 bridgehead atoms. The fourth-order valence-corrected chi connectivity index (χ4v) is 2.00. The van der Waals surface area contributed by atoms with Crippen LogP contribution in [0, 0.1) is 12.7 Å². The minimum atomic E-state index is -0.410. The van der Waals surface area contributed by atoms with E-state index in [1.165, 1.54) is 18.2 Å². The first-order valence-corrected chi connectivity index (χ1v) is 6.07. The number of hydrogen-bond acceptors (Lipinski definition) is 3. The molecule has 0 aliphatic carbocycles. The minimum absolute atomic E-state index is 0.216. The van der Waals surface area contributed by atoms with E-state index in [9.17, 15) is 9.18 Å². The molecule has 0 fully saturated rings. The van der Waals surface area contributed by atoms with Crippen LogP contribution in [-0.2, 0) is 0 Å². The summed E-state index contributed by atoms with van der Waals surface area (Å²) in [4.78, 5) is 12.2. The third kappa shape index (κ3) is 2.14. The molecule has 0 aliphatic rings. The first kappa shape index (κ1) is 12.3. The molecule has 1 heterocycles. The van der Waals surface area contributed by atoms with Crippen LogP contribution in [-0.4, -0.2) is 11.1 Å². The summed E-state index contributed by atoms with van der Waals surface area (Å²) >= 11 is 0. The highest BCUT2D eigenvalue weighted by molar-refractivity contribution is 6.08. The van der Waals surface area contributed by atoms with Crippen molar-refractivity contribution in [2.24, 2.45) is 0 Å². The highest BCUT2D eigenvalue weighted by Gasteiger charge is 2.14. The molecule has 3 rings (SSSR count). The van der Waals surface area contributed by atoms with Crippen molar-refractivity contribution in [2.75, 3.05) is 5.32 Å². The summed E-state index contributed by atoms with van der Waals surface area (Å²) in [6.07, 6.45) is 0. The van der Waals surface area contributed by atoms with E-state index in [0.717, 1.165) is 5.56 Å². The molecule has 100 valence electrons. The van der Waals surface area contributed by atoms with E-state index in [0.29, 0.717) is 16.5 Å². The molecule has 1 N–H and O–H groups in total. The molecule has 3 aromatic rings. The largest absolute Gasteiger partial charge is 0.354 e. The van der Waals surface area contributed by atoms with Crippen molar-refractivity contribution >= 4 is 22.7 Å². The van der Waals surface area contributed by atoms with Gasteiger partial charge in [-0.3, -0.25) is 4.79 Å². The number of benzene rings is 2.